The van der Waals surface area contributed by atoms with Crippen molar-refractivity contribution in [3.05, 3.63) is 93.1 Å². The highest BCUT2D eigenvalue weighted by Gasteiger charge is 2.34. The van der Waals surface area contributed by atoms with Crippen molar-refractivity contribution in [2.24, 2.45) is 0 Å². The summed E-state index contributed by atoms with van der Waals surface area (Å²) in [5.74, 6) is -0.309. The van der Waals surface area contributed by atoms with Gasteiger partial charge in [-0.2, -0.15) is 13.2 Å². The molecule has 1 aromatic heterocycles. The number of rotatable bonds is 4. The van der Waals surface area contributed by atoms with Gasteiger partial charge in [-0.3, -0.25) is 9.69 Å². The Labute approximate surface area is 188 Å². The Morgan fingerprint density at radius 1 is 0.967 bits per heavy atom. The van der Waals surface area contributed by atoms with Crippen LogP contribution in [-0.2, 0) is 12.7 Å². The molecule has 0 saturated heterocycles. The molecule has 8 heteroatoms. The highest BCUT2D eigenvalue weighted by Crippen LogP contribution is 2.39. The summed E-state index contributed by atoms with van der Waals surface area (Å²) in [6.45, 7) is 0.200. The van der Waals surface area contributed by atoms with Crippen LogP contribution < -0.4 is 4.90 Å². The topological polar surface area (TPSA) is 33.2 Å². The smallest absolute Gasteiger partial charge is 0.279 e. The number of para-hydroxylation sites is 1. The Morgan fingerprint density at radius 2 is 1.67 bits per heavy atom. The van der Waals surface area contributed by atoms with Crippen molar-refractivity contribution in [1.29, 1.82) is 0 Å². The summed E-state index contributed by atoms with van der Waals surface area (Å²) in [7, 11) is 0. The van der Waals surface area contributed by atoms with Crippen molar-refractivity contribution in [3.63, 3.8) is 0 Å². The standard InChI is InChI=1S/C22H14F3IN2OS/c23-22(24,25)16-10-6-12-18-19(16)27-21(30-18)28(13-14-7-2-1-3-8-14)20(29)15-9-4-5-11-17(15)26/h1-12H,13H2. The SMILES string of the molecule is O=C(c1ccccc1I)N(Cc1ccccc1)c1nc2c(C(F)(F)F)cccc2s1. The molecular weight excluding hydrogens is 524 g/mol. The minimum atomic E-state index is -4.52. The normalized spacial score (nSPS) is 11.6. The number of carbonyl (C=O) groups excluding carboxylic acids is 1. The first-order valence-electron chi connectivity index (χ1n) is 8.91. The van der Waals surface area contributed by atoms with E-state index < -0.39 is 11.7 Å². The lowest BCUT2D eigenvalue weighted by molar-refractivity contribution is -0.136. The summed E-state index contributed by atoms with van der Waals surface area (Å²) >= 11 is 3.15. The number of halogens is 4. The summed E-state index contributed by atoms with van der Waals surface area (Å²) in [4.78, 5) is 19.1. The number of benzene rings is 3. The van der Waals surface area contributed by atoms with Crippen LogP contribution >= 0.6 is 33.9 Å². The summed E-state index contributed by atoms with van der Waals surface area (Å²) in [6.07, 6.45) is -4.52. The van der Waals surface area contributed by atoms with Gasteiger partial charge < -0.3 is 0 Å². The highest BCUT2D eigenvalue weighted by atomic mass is 127. The van der Waals surface area contributed by atoms with Crippen LogP contribution in [0.5, 0.6) is 0 Å². The predicted octanol–water partition coefficient (Wildman–Crippen LogP) is 6.77. The molecule has 3 aromatic carbocycles. The van der Waals surface area contributed by atoms with E-state index in [1.165, 1.54) is 11.0 Å². The summed E-state index contributed by atoms with van der Waals surface area (Å²) < 4.78 is 41.4. The molecule has 4 aromatic rings. The van der Waals surface area contributed by atoms with Crippen LogP contribution in [0.4, 0.5) is 18.3 Å². The molecular formula is C22H14F3IN2OS. The molecule has 0 N–H and O–H groups in total. The zero-order valence-corrected chi connectivity index (χ0v) is 18.3. The molecule has 0 aliphatic carbocycles. The van der Waals surface area contributed by atoms with E-state index in [4.69, 9.17) is 0 Å². The Morgan fingerprint density at radius 3 is 2.37 bits per heavy atom. The van der Waals surface area contributed by atoms with Gasteiger partial charge in [-0.25, -0.2) is 4.98 Å². The molecule has 1 amide bonds. The number of alkyl halides is 3. The van der Waals surface area contributed by atoms with E-state index in [-0.39, 0.29) is 23.1 Å². The summed E-state index contributed by atoms with van der Waals surface area (Å²) in [5.41, 5.74) is 0.388. The number of thiazole rings is 1. The zero-order valence-electron chi connectivity index (χ0n) is 15.4. The number of hydrogen-bond donors (Lipinski definition) is 0. The third kappa shape index (κ3) is 4.20. The maximum Gasteiger partial charge on any atom is 0.418 e. The van der Waals surface area contributed by atoms with Crippen LogP contribution in [0.15, 0.2) is 72.8 Å². The number of carbonyl (C=O) groups is 1. The maximum atomic E-state index is 13.4. The van der Waals surface area contributed by atoms with Crippen molar-refractivity contribution in [2.75, 3.05) is 4.90 Å². The number of fused-ring (bicyclic) bond motifs is 1. The Kier molecular flexibility index (Phi) is 5.79. The van der Waals surface area contributed by atoms with Crippen molar-refractivity contribution in [2.45, 2.75) is 12.7 Å². The van der Waals surface area contributed by atoms with E-state index in [9.17, 15) is 18.0 Å². The molecule has 30 heavy (non-hydrogen) atoms. The van der Waals surface area contributed by atoms with Crippen LogP contribution in [0.3, 0.4) is 0 Å². The second kappa shape index (κ2) is 8.35. The fraction of sp³-hybridized carbons (Fsp3) is 0.0909. The molecule has 3 nitrogen and oxygen atoms in total. The van der Waals surface area contributed by atoms with Crippen LogP contribution in [0, 0.1) is 3.57 Å². The minimum absolute atomic E-state index is 0.140. The second-order valence-electron chi connectivity index (χ2n) is 6.50. The molecule has 4 rings (SSSR count). The Hall–Kier alpha value is -2.46. The van der Waals surface area contributed by atoms with E-state index in [0.717, 1.165) is 26.5 Å². The van der Waals surface area contributed by atoms with Gasteiger partial charge in [0.1, 0.15) is 0 Å². The molecule has 0 radical (unpaired) electrons. The molecule has 152 valence electrons. The lowest BCUT2D eigenvalue weighted by atomic mass is 10.1. The van der Waals surface area contributed by atoms with E-state index in [2.05, 4.69) is 27.6 Å². The molecule has 0 saturated carbocycles. The number of hydrogen-bond acceptors (Lipinski definition) is 3. The molecule has 0 aliphatic rings. The molecule has 0 aliphatic heterocycles. The van der Waals surface area contributed by atoms with Gasteiger partial charge in [0.2, 0.25) is 0 Å². The average molecular weight is 538 g/mol. The molecule has 0 bridgehead atoms. The third-order valence-corrected chi connectivity index (χ3v) is 6.46. The predicted molar refractivity (Wildman–Crippen MR) is 121 cm³/mol. The van der Waals surface area contributed by atoms with Crippen LogP contribution in [-0.4, -0.2) is 10.9 Å². The van der Waals surface area contributed by atoms with Gasteiger partial charge in [-0.1, -0.05) is 59.9 Å². The Bertz CT molecular complexity index is 1210. The first-order valence-corrected chi connectivity index (χ1v) is 10.8. The first kappa shape index (κ1) is 20.8. The van der Waals surface area contributed by atoms with E-state index in [1.807, 2.05) is 42.5 Å². The van der Waals surface area contributed by atoms with Gasteiger partial charge in [0.25, 0.3) is 5.91 Å². The third-order valence-electron chi connectivity index (χ3n) is 4.48. The first-order chi connectivity index (χ1) is 14.3. The fourth-order valence-electron chi connectivity index (χ4n) is 3.05. The number of aromatic nitrogens is 1. The van der Waals surface area contributed by atoms with Crippen molar-refractivity contribution >= 4 is 55.2 Å². The second-order valence-corrected chi connectivity index (χ2v) is 8.67. The van der Waals surface area contributed by atoms with Gasteiger partial charge in [0, 0.05) is 3.57 Å². The quantitative estimate of drug-likeness (QED) is 0.269. The lowest BCUT2D eigenvalue weighted by Crippen LogP contribution is -2.31. The summed E-state index contributed by atoms with van der Waals surface area (Å²) in [5, 5.41) is 0.232. The van der Waals surface area contributed by atoms with E-state index >= 15 is 0 Å². The highest BCUT2D eigenvalue weighted by molar-refractivity contribution is 14.1. The zero-order chi connectivity index (χ0) is 21.3. The molecule has 0 unspecified atom stereocenters. The van der Waals surface area contributed by atoms with Crippen LogP contribution in [0.2, 0.25) is 0 Å². The van der Waals surface area contributed by atoms with Gasteiger partial charge >= 0.3 is 6.18 Å². The van der Waals surface area contributed by atoms with E-state index in [1.54, 1.807) is 18.2 Å². The molecule has 0 atom stereocenters. The average Bonchev–Trinajstić information content (AvgIpc) is 3.16. The number of amides is 1. The monoisotopic (exact) mass is 538 g/mol. The molecule has 0 fully saturated rings. The van der Waals surface area contributed by atoms with Crippen LogP contribution in [0.25, 0.3) is 10.2 Å². The van der Waals surface area contributed by atoms with Crippen molar-refractivity contribution < 1.29 is 18.0 Å². The van der Waals surface area contributed by atoms with Crippen LogP contribution in [0.1, 0.15) is 21.5 Å². The Balaban J connectivity index is 1.84. The maximum absolute atomic E-state index is 13.4. The van der Waals surface area contributed by atoms with Crippen molar-refractivity contribution in [1.82, 2.24) is 4.98 Å². The largest absolute Gasteiger partial charge is 0.418 e. The number of anilines is 1. The van der Waals surface area contributed by atoms with Crippen molar-refractivity contribution in [3.8, 4) is 0 Å². The van der Waals surface area contributed by atoms with Gasteiger partial charge in [0.15, 0.2) is 5.13 Å². The van der Waals surface area contributed by atoms with Gasteiger partial charge in [0.05, 0.1) is 27.9 Å². The summed E-state index contributed by atoms with van der Waals surface area (Å²) in [6, 6.07) is 20.4. The van der Waals surface area contributed by atoms with Gasteiger partial charge in [-0.15, -0.1) is 0 Å². The number of nitrogens with zero attached hydrogens (tertiary/aromatic N) is 2. The fourth-order valence-corrected chi connectivity index (χ4v) is 4.66. The van der Waals surface area contributed by atoms with Gasteiger partial charge in [-0.05, 0) is 52.4 Å². The van der Waals surface area contributed by atoms with E-state index in [0.29, 0.717) is 10.3 Å². The molecule has 0 spiro atoms. The molecule has 1 heterocycles. The lowest BCUT2D eigenvalue weighted by Gasteiger charge is -2.20. The minimum Gasteiger partial charge on any atom is -0.279 e.